The van der Waals surface area contributed by atoms with Crippen LogP contribution in [0.15, 0.2) is 12.1 Å². The van der Waals surface area contributed by atoms with E-state index in [4.69, 9.17) is 5.26 Å². The average Bonchev–Trinajstić information content (AvgIpc) is 2.30. The molecule has 1 aliphatic heterocycles. The quantitative estimate of drug-likeness (QED) is 0.703. The number of anilines is 1. The minimum atomic E-state index is 0.546. The molecule has 0 amide bonds. The number of hydrogen-bond donors (Lipinski definition) is 0. The Morgan fingerprint density at radius 3 is 2.56 bits per heavy atom. The van der Waals surface area contributed by atoms with Crippen LogP contribution in [-0.4, -0.2) is 43.1 Å². The van der Waals surface area contributed by atoms with E-state index in [0.717, 1.165) is 37.6 Å². The summed E-state index contributed by atoms with van der Waals surface area (Å²) in [6.45, 7) is 5.93. The van der Waals surface area contributed by atoms with Crippen molar-refractivity contribution in [1.82, 2.24) is 9.88 Å². The third kappa shape index (κ3) is 2.15. The van der Waals surface area contributed by atoms with Crippen molar-refractivity contribution in [3.05, 3.63) is 23.5 Å². The SMILES string of the molecule is Cc1ccc(N2CCN(C)CC2)c(C#N)n1. The minimum Gasteiger partial charge on any atom is -0.367 e. The molecule has 0 radical (unpaired) electrons. The number of aryl methyl sites for hydroxylation is 1. The molecule has 16 heavy (non-hydrogen) atoms. The van der Waals surface area contributed by atoms with Gasteiger partial charge in [-0.25, -0.2) is 4.98 Å². The molecule has 1 aromatic rings. The summed E-state index contributed by atoms with van der Waals surface area (Å²) in [4.78, 5) is 8.81. The maximum atomic E-state index is 9.08. The average molecular weight is 216 g/mol. The molecule has 0 spiro atoms. The lowest BCUT2D eigenvalue weighted by Gasteiger charge is -2.34. The van der Waals surface area contributed by atoms with Crippen LogP contribution in [0, 0.1) is 18.3 Å². The van der Waals surface area contributed by atoms with Gasteiger partial charge < -0.3 is 9.80 Å². The second-order valence-corrected chi connectivity index (χ2v) is 4.22. The Balaban J connectivity index is 2.24. The number of piperazine rings is 1. The van der Waals surface area contributed by atoms with E-state index in [-0.39, 0.29) is 0 Å². The van der Waals surface area contributed by atoms with Gasteiger partial charge in [-0.15, -0.1) is 0 Å². The molecule has 84 valence electrons. The van der Waals surface area contributed by atoms with Crippen molar-refractivity contribution in [2.24, 2.45) is 0 Å². The normalized spacial score (nSPS) is 17.2. The van der Waals surface area contributed by atoms with E-state index in [1.807, 2.05) is 19.1 Å². The standard InChI is InChI=1S/C12H16N4/c1-10-3-4-12(11(9-13)14-10)16-7-5-15(2)6-8-16/h3-4H,5-8H2,1-2H3. The molecule has 1 aromatic heterocycles. The van der Waals surface area contributed by atoms with Crippen molar-refractivity contribution in [1.29, 1.82) is 5.26 Å². The van der Waals surface area contributed by atoms with Gasteiger partial charge in [0.15, 0.2) is 5.69 Å². The maximum absolute atomic E-state index is 9.08. The van der Waals surface area contributed by atoms with Crippen molar-refractivity contribution in [3.8, 4) is 6.07 Å². The number of likely N-dealkylation sites (N-methyl/N-ethyl adjacent to an activating group) is 1. The number of pyridine rings is 1. The predicted molar refractivity (Wildman–Crippen MR) is 63.4 cm³/mol. The van der Waals surface area contributed by atoms with Gasteiger partial charge in [0.05, 0.1) is 5.69 Å². The van der Waals surface area contributed by atoms with E-state index in [1.165, 1.54) is 0 Å². The molecule has 0 aromatic carbocycles. The number of nitrogens with zero attached hydrogens (tertiary/aromatic N) is 4. The predicted octanol–water partition coefficient (Wildman–Crippen LogP) is 1.01. The number of rotatable bonds is 1. The summed E-state index contributed by atoms with van der Waals surface area (Å²) in [7, 11) is 2.12. The minimum absolute atomic E-state index is 0.546. The first-order valence-corrected chi connectivity index (χ1v) is 5.52. The topological polar surface area (TPSA) is 43.2 Å². The Labute approximate surface area is 96.1 Å². The lowest BCUT2D eigenvalue weighted by Crippen LogP contribution is -2.44. The summed E-state index contributed by atoms with van der Waals surface area (Å²) >= 11 is 0. The summed E-state index contributed by atoms with van der Waals surface area (Å²) in [6, 6.07) is 6.15. The van der Waals surface area contributed by atoms with Gasteiger partial charge in [-0.1, -0.05) is 0 Å². The zero-order valence-corrected chi connectivity index (χ0v) is 9.77. The molecule has 0 bridgehead atoms. The van der Waals surface area contributed by atoms with Gasteiger partial charge in [-0.2, -0.15) is 5.26 Å². The molecule has 0 N–H and O–H groups in total. The highest BCUT2D eigenvalue weighted by molar-refractivity contribution is 5.56. The third-order valence-electron chi connectivity index (χ3n) is 2.96. The Bertz CT molecular complexity index is 414. The highest BCUT2D eigenvalue weighted by Gasteiger charge is 2.17. The molecule has 2 heterocycles. The molecule has 1 aliphatic rings. The number of hydrogen-bond acceptors (Lipinski definition) is 4. The molecule has 1 saturated heterocycles. The van der Waals surface area contributed by atoms with Crippen molar-refractivity contribution in [3.63, 3.8) is 0 Å². The Hall–Kier alpha value is -1.60. The monoisotopic (exact) mass is 216 g/mol. The van der Waals surface area contributed by atoms with Crippen LogP contribution < -0.4 is 4.90 Å². The lowest BCUT2D eigenvalue weighted by molar-refractivity contribution is 0.312. The number of nitriles is 1. The van der Waals surface area contributed by atoms with Gasteiger partial charge >= 0.3 is 0 Å². The summed E-state index contributed by atoms with van der Waals surface area (Å²) in [5.74, 6) is 0. The van der Waals surface area contributed by atoms with Crippen LogP contribution in [-0.2, 0) is 0 Å². The Morgan fingerprint density at radius 2 is 1.94 bits per heavy atom. The van der Waals surface area contributed by atoms with Gasteiger partial charge in [-0.3, -0.25) is 0 Å². The highest BCUT2D eigenvalue weighted by atomic mass is 15.2. The van der Waals surface area contributed by atoms with Crippen LogP contribution in [0.25, 0.3) is 0 Å². The van der Waals surface area contributed by atoms with Crippen molar-refractivity contribution in [2.45, 2.75) is 6.92 Å². The molecule has 4 nitrogen and oxygen atoms in total. The van der Waals surface area contributed by atoms with E-state index in [1.54, 1.807) is 0 Å². The highest BCUT2D eigenvalue weighted by Crippen LogP contribution is 2.19. The fraction of sp³-hybridized carbons (Fsp3) is 0.500. The fourth-order valence-electron chi connectivity index (χ4n) is 1.93. The molecular weight excluding hydrogens is 200 g/mol. The zero-order valence-electron chi connectivity index (χ0n) is 9.77. The van der Waals surface area contributed by atoms with Crippen molar-refractivity contribution < 1.29 is 0 Å². The van der Waals surface area contributed by atoms with Gasteiger partial charge in [0, 0.05) is 31.9 Å². The van der Waals surface area contributed by atoms with Gasteiger partial charge in [0.2, 0.25) is 0 Å². The van der Waals surface area contributed by atoms with Gasteiger partial charge in [0.25, 0.3) is 0 Å². The maximum Gasteiger partial charge on any atom is 0.164 e. The van der Waals surface area contributed by atoms with Gasteiger partial charge in [0.1, 0.15) is 6.07 Å². The second-order valence-electron chi connectivity index (χ2n) is 4.22. The van der Waals surface area contributed by atoms with Crippen LogP contribution in [0.1, 0.15) is 11.4 Å². The van der Waals surface area contributed by atoms with Crippen molar-refractivity contribution >= 4 is 5.69 Å². The smallest absolute Gasteiger partial charge is 0.164 e. The largest absolute Gasteiger partial charge is 0.367 e. The van der Waals surface area contributed by atoms with Crippen LogP contribution in [0.2, 0.25) is 0 Å². The molecule has 0 aliphatic carbocycles. The first-order valence-electron chi connectivity index (χ1n) is 5.52. The first-order chi connectivity index (χ1) is 7.70. The molecule has 0 unspecified atom stereocenters. The fourth-order valence-corrected chi connectivity index (χ4v) is 1.93. The first kappa shape index (κ1) is 10.9. The zero-order chi connectivity index (χ0) is 11.5. The molecule has 1 fully saturated rings. The summed E-state index contributed by atoms with van der Waals surface area (Å²) in [6.07, 6.45) is 0. The Kier molecular flexibility index (Phi) is 3.07. The molecule has 2 rings (SSSR count). The number of aromatic nitrogens is 1. The van der Waals surface area contributed by atoms with E-state index in [0.29, 0.717) is 5.69 Å². The summed E-state index contributed by atoms with van der Waals surface area (Å²) in [5, 5.41) is 9.08. The lowest BCUT2D eigenvalue weighted by atomic mass is 10.2. The molecule has 0 atom stereocenters. The van der Waals surface area contributed by atoms with Gasteiger partial charge in [-0.05, 0) is 26.1 Å². The summed E-state index contributed by atoms with van der Waals surface area (Å²) < 4.78 is 0. The van der Waals surface area contributed by atoms with Crippen LogP contribution >= 0.6 is 0 Å². The third-order valence-corrected chi connectivity index (χ3v) is 2.96. The van der Waals surface area contributed by atoms with Crippen molar-refractivity contribution in [2.75, 3.05) is 38.1 Å². The van der Waals surface area contributed by atoms with Crippen LogP contribution in [0.4, 0.5) is 5.69 Å². The molecule has 4 heteroatoms. The van der Waals surface area contributed by atoms with E-state index < -0.39 is 0 Å². The second kappa shape index (κ2) is 4.50. The Morgan fingerprint density at radius 1 is 1.25 bits per heavy atom. The van der Waals surface area contributed by atoms with Crippen LogP contribution in [0.3, 0.4) is 0 Å². The summed E-state index contributed by atoms with van der Waals surface area (Å²) in [5.41, 5.74) is 2.42. The van der Waals surface area contributed by atoms with E-state index >= 15 is 0 Å². The molecule has 0 saturated carbocycles. The van der Waals surface area contributed by atoms with E-state index in [2.05, 4.69) is 27.9 Å². The molecular formula is C12H16N4. The van der Waals surface area contributed by atoms with E-state index in [9.17, 15) is 0 Å². The van der Waals surface area contributed by atoms with Crippen LogP contribution in [0.5, 0.6) is 0 Å².